The lowest BCUT2D eigenvalue weighted by atomic mass is 10.1. The first-order chi connectivity index (χ1) is 15.3. The summed E-state index contributed by atoms with van der Waals surface area (Å²) in [7, 11) is 0. The molecule has 2 saturated heterocycles. The fourth-order valence-electron chi connectivity index (χ4n) is 3.81. The molecule has 0 radical (unpaired) electrons. The summed E-state index contributed by atoms with van der Waals surface area (Å²) in [6, 6.07) is 14.1. The van der Waals surface area contributed by atoms with Crippen molar-refractivity contribution in [1.29, 1.82) is 0 Å². The molecule has 0 saturated carbocycles. The van der Waals surface area contributed by atoms with Gasteiger partial charge in [-0.2, -0.15) is 0 Å². The number of imide groups is 1. The van der Waals surface area contributed by atoms with Gasteiger partial charge in [0.05, 0.1) is 23.7 Å². The van der Waals surface area contributed by atoms with Crippen molar-refractivity contribution in [3.63, 3.8) is 0 Å². The molecule has 2 fully saturated rings. The zero-order chi connectivity index (χ0) is 22.8. The number of benzene rings is 2. The van der Waals surface area contributed by atoms with Crippen molar-refractivity contribution in [1.82, 2.24) is 9.80 Å². The molecule has 32 heavy (non-hydrogen) atoms. The molecule has 2 aliphatic heterocycles. The molecule has 166 valence electrons. The molecule has 2 aromatic rings. The van der Waals surface area contributed by atoms with E-state index in [-0.39, 0.29) is 35.8 Å². The molecule has 0 spiro atoms. The van der Waals surface area contributed by atoms with E-state index in [9.17, 15) is 14.4 Å². The van der Waals surface area contributed by atoms with E-state index in [0.717, 1.165) is 22.9 Å². The van der Waals surface area contributed by atoms with Crippen LogP contribution < -0.4 is 0 Å². The van der Waals surface area contributed by atoms with Gasteiger partial charge < -0.3 is 9.64 Å². The van der Waals surface area contributed by atoms with Crippen molar-refractivity contribution in [3.8, 4) is 0 Å². The molecule has 3 amide bonds. The van der Waals surface area contributed by atoms with E-state index in [1.807, 2.05) is 13.8 Å². The highest BCUT2D eigenvalue weighted by Crippen LogP contribution is 2.33. The van der Waals surface area contributed by atoms with Gasteiger partial charge in [0.2, 0.25) is 0 Å². The van der Waals surface area contributed by atoms with Crippen LogP contribution in [0.25, 0.3) is 6.08 Å². The molecule has 0 aliphatic carbocycles. The molecule has 8 heteroatoms. The Labute approximate surface area is 196 Å². The van der Waals surface area contributed by atoms with Gasteiger partial charge in [-0.05, 0) is 67.1 Å². The minimum absolute atomic E-state index is 0.00506. The Hall–Kier alpha value is -2.61. The number of ether oxygens (including phenoxy) is 1. The molecule has 2 aromatic carbocycles. The van der Waals surface area contributed by atoms with Gasteiger partial charge in [-0.15, -0.1) is 0 Å². The van der Waals surface area contributed by atoms with Crippen LogP contribution in [-0.2, 0) is 16.1 Å². The average molecular weight is 471 g/mol. The number of halogens is 1. The lowest BCUT2D eigenvalue weighted by molar-refractivity contribution is -0.123. The van der Waals surface area contributed by atoms with Crippen molar-refractivity contribution >= 4 is 46.5 Å². The average Bonchev–Trinajstić information content (AvgIpc) is 3.02. The monoisotopic (exact) mass is 470 g/mol. The molecule has 0 N–H and O–H groups in total. The molecule has 2 heterocycles. The van der Waals surface area contributed by atoms with Gasteiger partial charge in [-0.3, -0.25) is 19.3 Å². The largest absolute Gasteiger partial charge is 0.372 e. The van der Waals surface area contributed by atoms with E-state index in [4.69, 9.17) is 16.3 Å². The van der Waals surface area contributed by atoms with Crippen molar-refractivity contribution in [3.05, 3.63) is 75.1 Å². The van der Waals surface area contributed by atoms with Crippen molar-refractivity contribution in [2.24, 2.45) is 0 Å². The van der Waals surface area contributed by atoms with Crippen LogP contribution >= 0.6 is 23.4 Å². The van der Waals surface area contributed by atoms with Crippen LogP contribution in [-0.4, -0.2) is 52.2 Å². The highest BCUT2D eigenvalue weighted by Gasteiger charge is 2.35. The van der Waals surface area contributed by atoms with Crippen molar-refractivity contribution in [2.45, 2.75) is 32.6 Å². The van der Waals surface area contributed by atoms with Gasteiger partial charge in [-0.25, -0.2) is 0 Å². The number of carbonyl (C=O) groups is 3. The lowest BCUT2D eigenvalue weighted by Crippen LogP contribution is -2.48. The number of amides is 3. The maximum Gasteiger partial charge on any atom is 0.293 e. The fourth-order valence-corrected chi connectivity index (χ4v) is 4.77. The maximum absolute atomic E-state index is 12.8. The molecule has 2 aliphatic rings. The van der Waals surface area contributed by atoms with E-state index in [1.54, 1.807) is 59.5 Å². The number of carbonyl (C=O) groups excluding carboxylic acids is 3. The zero-order valence-electron chi connectivity index (χ0n) is 17.8. The topological polar surface area (TPSA) is 66.9 Å². The molecular weight excluding hydrogens is 448 g/mol. The van der Waals surface area contributed by atoms with Crippen molar-refractivity contribution < 1.29 is 19.1 Å². The number of thioether (sulfide) groups is 1. The molecule has 4 rings (SSSR count). The highest BCUT2D eigenvalue weighted by atomic mass is 35.5. The predicted molar refractivity (Wildman–Crippen MR) is 125 cm³/mol. The van der Waals surface area contributed by atoms with E-state index in [0.29, 0.717) is 28.6 Å². The summed E-state index contributed by atoms with van der Waals surface area (Å²) in [4.78, 5) is 41.3. The fraction of sp³-hybridized carbons (Fsp3) is 0.292. The second-order valence-corrected chi connectivity index (χ2v) is 9.41. The van der Waals surface area contributed by atoms with Gasteiger partial charge >= 0.3 is 0 Å². The summed E-state index contributed by atoms with van der Waals surface area (Å²) in [5.74, 6) is -0.367. The zero-order valence-corrected chi connectivity index (χ0v) is 19.4. The van der Waals surface area contributed by atoms with E-state index in [1.165, 1.54) is 4.90 Å². The summed E-state index contributed by atoms with van der Waals surface area (Å²) >= 11 is 6.81. The number of nitrogens with zero attached hydrogens (tertiary/aromatic N) is 2. The van der Waals surface area contributed by atoms with E-state index in [2.05, 4.69) is 0 Å². The van der Waals surface area contributed by atoms with E-state index < -0.39 is 0 Å². The summed E-state index contributed by atoms with van der Waals surface area (Å²) < 4.78 is 5.69. The van der Waals surface area contributed by atoms with Crippen LogP contribution in [0.2, 0.25) is 5.02 Å². The summed E-state index contributed by atoms with van der Waals surface area (Å²) in [5.41, 5.74) is 2.16. The van der Waals surface area contributed by atoms with Gasteiger partial charge in [0.15, 0.2) is 0 Å². The first kappa shape index (κ1) is 22.6. The SMILES string of the molecule is CC1CN(C(=O)c2ccc(/C=C3\SC(=O)N(Cc4ccc(Cl)cc4)C3=O)cc2)CC(C)O1. The molecule has 0 aromatic heterocycles. The molecule has 2 atom stereocenters. The number of hydrogen-bond acceptors (Lipinski definition) is 5. The Morgan fingerprint density at radius 2 is 1.69 bits per heavy atom. The van der Waals surface area contributed by atoms with Gasteiger partial charge in [-0.1, -0.05) is 35.9 Å². The second kappa shape index (κ2) is 9.48. The van der Waals surface area contributed by atoms with Crippen LogP contribution in [0.5, 0.6) is 0 Å². The number of rotatable bonds is 4. The minimum atomic E-state index is -0.327. The minimum Gasteiger partial charge on any atom is -0.372 e. The smallest absolute Gasteiger partial charge is 0.293 e. The summed E-state index contributed by atoms with van der Waals surface area (Å²) in [6.45, 7) is 5.23. The molecule has 0 bridgehead atoms. The normalized spacial score (nSPS) is 22.7. The lowest BCUT2D eigenvalue weighted by Gasteiger charge is -2.35. The van der Waals surface area contributed by atoms with Gasteiger partial charge in [0.25, 0.3) is 17.1 Å². The Morgan fingerprint density at radius 1 is 1.06 bits per heavy atom. The maximum atomic E-state index is 12.8. The summed E-state index contributed by atoms with van der Waals surface area (Å²) in [6.07, 6.45) is 1.69. The van der Waals surface area contributed by atoms with Gasteiger partial charge in [0.1, 0.15) is 0 Å². The third kappa shape index (κ3) is 5.06. The highest BCUT2D eigenvalue weighted by molar-refractivity contribution is 8.18. The van der Waals surface area contributed by atoms with E-state index >= 15 is 0 Å². The van der Waals surface area contributed by atoms with Crippen LogP contribution in [0.1, 0.15) is 35.3 Å². The first-order valence-electron chi connectivity index (χ1n) is 10.3. The Bertz CT molecular complexity index is 1060. The van der Waals surface area contributed by atoms with Crippen LogP contribution in [0, 0.1) is 0 Å². The summed E-state index contributed by atoms with van der Waals surface area (Å²) in [5, 5.41) is 0.293. The van der Waals surface area contributed by atoms with Crippen LogP contribution in [0.3, 0.4) is 0 Å². The Morgan fingerprint density at radius 3 is 2.31 bits per heavy atom. The molecule has 6 nitrogen and oxygen atoms in total. The third-order valence-electron chi connectivity index (χ3n) is 5.29. The van der Waals surface area contributed by atoms with Crippen LogP contribution in [0.4, 0.5) is 4.79 Å². The predicted octanol–water partition coefficient (Wildman–Crippen LogP) is 4.83. The first-order valence-corrected chi connectivity index (χ1v) is 11.5. The Kier molecular flexibility index (Phi) is 6.69. The Balaban J connectivity index is 1.44. The molecule has 2 unspecified atom stereocenters. The van der Waals surface area contributed by atoms with Crippen molar-refractivity contribution in [2.75, 3.05) is 13.1 Å². The van der Waals surface area contributed by atoms with Gasteiger partial charge in [0, 0.05) is 23.7 Å². The quantitative estimate of drug-likeness (QED) is 0.599. The standard InChI is InChI=1S/C24H23ClN2O4S/c1-15-12-26(13-16(2)31-15)22(28)19-7-3-17(4-8-19)11-21-23(29)27(24(30)32-21)14-18-5-9-20(25)10-6-18/h3-11,15-16H,12-14H2,1-2H3/b21-11-. The number of hydrogen-bond donors (Lipinski definition) is 0. The molecular formula is C24H23ClN2O4S. The third-order valence-corrected chi connectivity index (χ3v) is 6.45. The van der Waals surface area contributed by atoms with Crippen LogP contribution in [0.15, 0.2) is 53.4 Å². The second-order valence-electron chi connectivity index (χ2n) is 7.98. The number of morpholine rings is 1.